The van der Waals surface area contributed by atoms with Crippen LogP contribution in [0.4, 0.5) is 0 Å². The van der Waals surface area contributed by atoms with Crippen LogP contribution in [0.1, 0.15) is 22.6 Å². The average molecular weight is 586 g/mol. The molecule has 5 rings (SSSR count). The van der Waals surface area contributed by atoms with Gasteiger partial charge in [-0.15, -0.1) is 56.6 Å². The molecule has 10 heteroatoms. The maximum absolute atomic E-state index is 13.1. The third kappa shape index (κ3) is 4.05. The van der Waals surface area contributed by atoms with Gasteiger partial charge in [-0.1, -0.05) is 12.1 Å². The molecule has 5 heterocycles. The minimum atomic E-state index is -1.72. The number of halogens is 2. The second-order valence-corrected chi connectivity index (χ2v) is 9.89. The summed E-state index contributed by atoms with van der Waals surface area (Å²) in [5, 5.41) is 22.1. The Kier molecular flexibility index (Phi) is 8.35. The van der Waals surface area contributed by atoms with E-state index in [1.54, 1.807) is 12.1 Å². The Morgan fingerprint density at radius 2 is 1.53 bits per heavy atom. The van der Waals surface area contributed by atoms with E-state index in [9.17, 15) is 9.90 Å². The molecule has 2 N–H and O–H groups in total. The van der Waals surface area contributed by atoms with E-state index in [1.165, 1.54) is 22.7 Å². The normalized spacial score (nSPS) is 30.0. The Labute approximate surface area is 205 Å². The van der Waals surface area contributed by atoms with Gasteiger partial charge in [-0.05, 0) is 22.9 Å². The topological polar surface area (TPSA) is 79.3 Å². The summed E-state index contributed by atoms with van der Waals surface area (Å²) in [7, 11) is 5.49. The van der Waals surface area contributed by atoms with Gasteiger partial charge in [0.05, 0.1) is 23.8 Å². The highest BCUT2D eigenvalue weighted by Gasteiger charge is 2.71. The molecule has 0 saturated carbocycles. The molecule has 1 unspecified atom stereocenters. The van der Waals surface area contributed by atoms with Crippen molar-refractivity contribution in [2.24, 2.45) is 0 Å². The predicted molar refractivity (Wildman–Crippen MR) is 128 cm³/mol. The van der Waals surface area contributed by atoms with Crippen molar-refractivity contribution in [3.63, 3.8) is 0 Å². The molecule has 30 heavy (non-hydrogen) atoms. The molecule has 0 aromatic carbocycles. The number of carbonyl (C=O) groups excluding carboxylic acids is 1. The minimum Gasteiger partial charge on any atom is -0.459 e. The number of hydrogen-bond acceptors (Lipinski definition) is 7. The van der Waals surface area contributed by atoms with Crippen molar-refractivity contribution in [3.05, 3.63) is 44.8 Å². The molecule has 2 aromatic heterocycles. The van der Waals surface area contributed by atoms with Gasteiger partial charge in [-0.3, -0.25) is 0 Å². The number of piperidine rings is 1. The number of thiophene rings is 2. The van der Waals surface area contributed by atoms with Crippen molar-refractivity contribution in [2.45, 2.75) is 48.8 Å². The van der Waals surface area contributed by atoms with Crippen LogP contribution in [0.25, 0.3) is 0 Å². The second kappa shape index (κ2) is 9.66. The number of nitrogens with zero attached hydrogens (tertiary/aromatic N) is 1. The molecule has 0 amide bonds. The Balaban J connectivity index is 0.000000779. The zero-order valence-electron chi connectivity index (χ0n) is 17.0. The number of quaternary nitrogens is 1. The number of aliphatic hydroxyl groups is 2. The lowest BCUT2D eigenvalue weighted by molar-refractivity contribution is -0.938. The van der Waals surface area contributed by atoms with E-state index in [0.717, 1.165) is 24.4 Å². The number of fused-ring (bicyclic) bond motifs is 5. The molecule has 0 spiro atoms. The minimum absolute atomic E-state index is 0. The van der Waals surface area contributed by atoms with Gasteiger partial charge in [0.25, 0.3) is 0 Å². The number of epoxide rings is 1. The molecule has 3 fully saturated rings. The molecule has 3 aliphatic rings. The van der Waals surface area contributed by atoms with Crippen molar-refractivity contribution < 1.29 is 29.0 Å². The molecule has 2 bridgehead atoms. The maximum Gasteiger partial charge on any atom is 0.349 e. The largest absolute Gasteiger partial charge is 0.459 e. The summed E-state index contributed by atoms with van der Waals surface area (Å²) in [5.41, 5.74) is -1.72. The fraction of sp³-hybridized carbons (Fsp3) is 0.550. The van der Waals surface area contributed by atoms with Crippen molar-refractivity contribution in [2.75, 3.05) is 21.2 Å². The first-order chi connectivity index (χ1) is 13.4. The zero-order chi connectivity index (χ0) is 20.1. The Morgan fingerprint density at radius 3 is 1.93 bits per heavy atom. The summed E-state index contributed by atoms with van der Waals surface area (Å²) in [6.07, 6.45) is 2.05. The van der Waals surface area contributed by atoms with Crippen LogP contribution >= 0.6 is 56.6 Å². The molecular formula is C20H28Br2NO5S2+. The van der Waals surface area contributed by atoms with Gasteiger partial charge in [-0.2, -0.15) is 0 Å². The number of hydrogen-bond donors (Lipinski definition) is 2. The van der Waals surface area contributed by atoms with Gasteiger partial charge >= 0.3 is 5.97 Å². The van der Waals surface area contributed by atoms with E-state index in [0.29, 0.717) is 34.0 Å². The smallest absolute Gasteiger partial charge is 0.349 e. The highest BCUT2D eigenvalue weighted by molar-refractivity contribution is 8.93. The van der Waals surface area contributed by atoms with Gasteiger partial charge < -0.3 is 24.2 Å². The van der Waals surface area contributed by atoms with Crippen LogP contribution in [0.3, 0.4) is 0 Å². The lowest BCUT2D eigenvalue weighted by Crippen LogP contribution is -2.60. The predicted octanol–water partition coefficient (Wildman–Crippen LogP) is 3.11. The summed E-state index contributed by atoms with van der Waals surface area (Å²) < 4.78 is 12.6. The van der Waals surface area contributed by atoms with Crippen molar-refractivity contribution in [1.82, 2.24) is 0 Å². The molecule has 5 atom stereocenters. The van der Waals surface area contributed by atoms with Crippen LogP contribution in [-0.2, 0) is 19.9 Å². The summed E-state index contributed by atoms with van der Waals surface area (Å²) in [4.78, 5) is 14.3. The van der Waals surface area contributed by atoms with Gasteiger partial charge in [0.2, 0.25) is 5.60 Å². The van der Waals surface area contributed by atoms with E-state index in [2.05, 4.69) is 14.1 Å². The summed E-state index contributed by atoms with van der Waals surface area (Å²) >= 11 is 2.74. The molecule has 3 aliphatic heterocycles. The standard InChI is InChI=1S/C19H22NO4S2.CH4O.2BrH/c1-20(2)12-9-11(10-13(20)17-16(12)24-17)23-18(21)19(22,14-5-3-7-25-14)15-6-4-8-26-15;1-2;;/h3-8,11-13,16-17,22H,9-10H2,1-2H3;2H,1H3;2*1H/q+1;;;/t11?,12-,13+,16-,17+;;;. The number of ether oxygens (including phenoxy) is 2. The molecule has 3 saturated heterocycles. The Hall–Kier alpha value is -0.330. The SMILES string of the molecule is Br.Br.CO.C[N+]1(C)[C@@H]2CC(OC(=O)C(O)(c3cccs3)c3cccs3)C[C@H]1[C@@H]1O[C@@H]12. The van der Waals surface area contributed by atoms with Gasteiger partial charge in [-0.25, -0.2) is 4.79 Å². The van der Waals surface area contributed by atoms with Gasteiger partial charge in [0.1, 0.15) is 30.4 Å². The third-order valence-electron chi connectivity index (χ3n) is 6.36. The van der Waals surface area contributed by atoms with Gasteiger partial charge in [0.15, 0.2) is 0 Å². The fourth-order valence-electron chi connectivity index (χ4n) is 4.83. The first kappa shape index (κ1) is 25.9. The average Bonchev–Trinajstić information content (AvgIpc) is 3.06. The van der Waals surface area contributed by atoms with E-state index < -0.39 is 11.6 Å². The van der Waals surface area contributed by atoms with E-state index in [4.69, 9.17) is 14.6 Å². The lowest BCUT2D eigenvalue weighted by Gasteiger charge is -2.45. The van der Waals surface area contributed by atoms with E-state index >= 15 is 0 Å². The van der Waals surface area contributed by atoms with E-state index in [1.807, 2.05) is 22.9 Å². The highest BCUT2D eigenvalue weighted by Crippen LogP contribution is 2.52. The van der Waals surface area contributed by atoms with Crippen LogP contribution in [-0.4, -0.2) is 72.3 Å². The molecule has 0 aliphatic carbocycles. The number of carbonyl (C=O) groups is 1. The molecule has 6 nitrogen and oxygen atoms in total. The zero-order valence-corrected chi connectivity index (χ0v) is 22.0. The second-order valence-electron chi connectivity index (χ2n) is 7.99. The lowest BCUT2D eigenvalue weighted by atomic mass is 9.95. The van der Waals surface area contributed by atoms with Crippen LogP contribution < -0.4 is 0 Å². The fourth-order valence-corrected chi connectivity index (χ4v) is 6.54. The number of likely N-dealkylation sites (N-methyl/N-ethyl adjacent to an activating group) is 1. The number of aliphatic hydroxyl groups excluding tert-OH is 1. The van der Waals surface area contributed by atoms with E-state index in [-0.39, 0.29) is 40.1 Å². The number of morpholine rings is 1. The number of esters is 1. The van der Waals surface area contributed by atoms with Gasteiger partial charge in [0, 0.05) is 20.0 Å². The molecule has 0 radical (unpaired) electrons. The monoisotopic (exact) mass is 584 g/mol. The van der Waals surface area contributed by atoms with Crippen LogP contribution in [0.5, 0.6) is 0 Å². The Morgan fingerprint density at radius 1 is 1.07 bits per heavy atom. The number of rotatable bonds is 4. The van der Waals surface area contributed by atoms with Crippen LogP contribution in [0.15, 0.2) is 35.0 Å². The third-order valence-corrected chi connectivity index (χ3v) is 8.32. The molecule has 168 valence electrons. The summed E-state index contributed by atoms with van der Waals surface area (Å²) in [6.45, 7) is 0. The highest BCUT2D eigenvalue weighted by atomic mass is 79.9. The van der Waals surface area contributed by atoms with Crippen molar-refractivity contribution >= 4 is 62.6 Å². The molecular weight excluding hydrogens is 558 g/mol. The van der Waals surface area contributed by atoms with Crippen LogP contribution in [0.2, 0.25) is 0 Å². The summed E-state index contributed by atoms with van der Waals surface area (Å²) in [6, 6.07) is 8.01. The van der Waals surface area contributed by atoms with Crippen molar-refractivity contribution in [1.29, 1.82) is 0 Å². The quantitative estimate of drug-likeness (QED) is 0.327. The Bertz CT molecular complexity index is 776. The maximum atomic E-state index is 13.1. The first-order valence-electron chi connectivity index (χ1n) is 9.37. The first-order valence-corrected chi connectivity index (χ1v) is 11.1. The molecule has 2 aromatic rings. The van der Waals surface area contributed by atoms with Crippen molar-refractivity contribution in [3.8, 4) is 0 Å². The van der Waals surface area contributed by atoms with Crippen LogP contribution in [0, 0.1) is 0 Å². The summed E-state index contributed by atoms with van der Waals surface area (Å²) in [5.74, 6) is -0.561.